The van der Waals surface area contributed by atoms with Crippen LogP contribution in [0.2, 0.25) is 0 Å². The Morgan fingerprint density at radius 2 is 1.94 bits per heavy atom. The molecule has 94 valence electrons. The number of nitrogens with two attached hydrogens (primary N) is 1. The fourth-order valence-corrected chi connectivity index (χ4v) is 3.16. The van der Waals surface area contributed by atoms with Crippen molar-refractivity contribution in [3.63, 3.8) is 0 Å². The van der Waals surface area contributed by atoms with Gasteiger partial charge in [0, 0.05) is 31.3 Å². The molecule has 1 atom stereocenters. The van der Waals surface area contributed by atoms with E-state index < -0.39 is 0 Å². The van der Waals surface area contributed by atoms with Gasteiger partial charge in [-0.1, -0.05) is 13.8 Å². The van der Waals surface area contributed by atoms with Crippen molar-refractivity contribution >= 4 is 0 Å². The molecule has 2 rings (SSSR count). The summed E-state index contributed by atoms with van der Waals surface area (Å²) in [5.41, 5.74) is 6.63. The fraction of sp³-hybridized carbons (Fsp3) is 1.00. The van der Waals surface area contributed by atoms with Gasteiger partial charge in [0.05, 0.1) is 0 Å². The Balaban J connectivity index is 1.91. The van der Waals surface area contributed by atoms with Gasteiger partial charge in [0.1, 0.15) is 0 Å². The van der Waals surface area contributed by atoms with Gasteiger partial charge in [-0.05, 0) is 37.5 Å². The normalized spacial score (nSPS) is 32.8. The lowest BCUT2D eigenvalue weighted by Crippen LogP contribution is -2.57. The van der Waals surface area contributed by atoms with Gasteiger partial charge in [0.2, 0.25) is 0 Å². The van der Waals surface area contributed by atoms with Crippen LogP contribution in [0.1, 0.15) is 46.0 Å². The minimum absolute atomic E-state index is 0.156. The van der Waals surface area contributed by atoms with Crippen LogP contribution < -0.4 is 11.1 Å². The maximum atomic E-state index is 5.97. The van der Waals surface area contributed by atoms with Gasteiger partial charge >= 0.3 is 0 Å². The van der Waals surface area contributed by atoms with Crippen LogP contribution in [-0.2, 0) is 4.74 Å². The molecule has 0 amide bonds. The van der Waals surface area contributed by atoms with E-state index in [4.69, 9.17) is 10.5 Å². The predicted molar refractivity (Wildman–Crippen MR) is 66.4 cm³/mol. The summed E-state index contributed by atoms with van der Waals surface area (Å²) in [7, 11) is 0. The first-order valence-electron chi connectivity index (χ1n) is 6.61. The van der Waals surface area contributed by atoms with Gasteiger partial charge in [-0.2, -0.15) is 0 Å². The van der Waals surface area contributed by atoms with Crippen LogP contribution in [0, 0.1) is 5.41 Å². The highest BCUT2D eigenvalue weighted by molar-refractivity contribution is 4.97. The molecule has 3 heteroatoms. The molecule has 1 saturated heterocycles. The summed E-state index contributed by atoms with van der Waals surface area (Å²) < 4.78 is 5.44. The third-order valence-corrected chi connectivity index (χ3v) is 4.32. The molecule has 0 aromatic carbocycles. The molecule has 1 aliphatic heterocycles. The largest absolute Gasteiger partial charge is 0.381 e. The van der Waals surface area contributed by atoms with Gasteiger partial charge in [-0.25, -0.2) is 0 Å². The van der Waals surface area contributed by atoms with Gasteiger partial charge in [0.15, 0.2) is 0 Å². The lowest BCUT2D eigenvalue weighted by molar-refractivity contribution is 0.0363. The molecule has 2 aliphatic rings. The van der Waals surface area contributed by atoms with E-state index >= 15 is 0 Å². The molecule has 3 N–H and O–H groups in total. The fourth-order valence-electron chi connectivity index (χ4n) is 3.16. The van der Waals surface area contributed by atoms with Crippen molar-refractivity contribution in [2.45, 2.75) is 57.5 Å². The average molecular weight is 226 g/mol. The summed E-state index contributed by atoms with van der Waals surface area (Å²) in [6, 6.07) is 0.664. The van der Waals surface area contributed by atoms with Crippen LogP contribution in [-0.4, -0.2) is 31.3 Å². The first kappa shape index (κ1) is 12.3. The van der Waals surface area contributed by atoms with E-state index in [1.807, 2.05) is 0 Å². The monoisotopic (exact) mass is 226 g/mol. The SMILES string of the molecule is CC1(C)CCC(NC2(CN)CCOCC2)C1. The highest BCUT2D eigenvalue weighted by Crippen LogP contribution is 2.38. The number of rotatable bonds is 3. The molecule has 1 unspecified atom stereocenters. The molecule has 1 heterocycles. The summed E-state index contributed by atoms with van der Waals surface area (Å²) >= 11 is 0. The molecule has 1 saturated carbocycles. The maximum absolute atomic E-state index is 5.97. The zero-order valence-corrected chi connectivity index (χ0v) is 10.7. The Labute approximate surface area is 99.1 Å². The topological polar surface area (TPSA) is 47.3 Å². The quantitative estimate of drug-likeness (QED) is 0.769. The first-order valence-corrected chi connectivity index (χ1v) is 6.61. The molecular formula is C13H26N2O. The van der Waals surface area contributed by atoms with Crippen LogP contribution in [0.15, 0.2) is 0 Å². The third-order valence-electron chi connectivity index (χ3n) is 4.32. The Kier molecular flexibility index (Phi) is 3.57. The average Bonchev–Trinajstić information content (AvgIpc) is 2.59. The van der Waals surface area contributed by atoms with E-state index in [0.717, 1.165) is 32.6 Å². The predicted octanol–water partition coefficient (Wildman–Crippen LogP) is 1.66. The molecule has 0 aromatic rings. The number of hydrogen-bond donors (Lipinski definition) is 2. The maximum Gasteiger partial charge on any atom is 0.0484 e. The van der Waals surface area contributed by atoms with E-state index in [9.17, 15) is 0 Å². The summed E-state index contributed by atoms with van der Waals surface area (Å²) in [6.07, 6.45) is 6.06. The molecule has 16 heavy (non-hydrogen) atoms. The zero-order valence-electron chi connectivity index (χ0n) is 10.7. The second kappa shape index (κ2) is 4.63. The van der Waals surface area contributed by atoms with Crippen LogP contribution in [0.5, 0.6) is 0 Å². The molecule has 0 aromatic heterocycles. The van der Waals surface area contributed by atoms with Crippen molar-refractivity contribution in [3.8, 4) is 0 Å². The van der Waals surface area contributed by atoms with E-state index in [-0.39, 0.29) is 5.54 Å². The Hall–Kier alpha value is -0.120. The smallest absolute Gasteiger partial charge is 0.0484 e. The Bertz CT molecular complexity index is 234. The molecule has 0 spiro atoms. The lowest BCUT2D eigenvalue weighted by atomic mass is 9.88. The zero-order chi connectivity index (χ0) is 11.6. The van der Waals surface area contributed by atoms with E-state index in [1.165, 1.54) is 19.3 Å². The van der Waals surface area contributed by atoms with Crippen molar-refractivity contribution in [1.82, 2.24) is 5.32 Å². The van der Waals surface area contributed by atoms with E-state index in [2.05, 4.69) is 19.2 Å². The molecular weight excluding hydrogens is 200 g/mol. The Morgan fingerprint density at radius 1 is 1.25 bits per heavy atom. The van der Waals surface area contributed by atoms with E-state index in [1.54, 1.807) is 0 Å². The third kappa shape index (κ3) is 2.76. The highest BCUT2D eigenvalue weighted by atomic mass is 16.5. The minimum Gasteiger partial charge on any atom is -0.381 e. The molecule has 3 nitrogen and oxygen atoms in total. The van der Waals surface area contributed by atoms with Gasteiger partial charge in [0.25, 0.3) is 0 Å². The van der Waals surface area contributed by atoms with Crippen molar-refractivity contribution < 1.29 is 4.74 Å². The second-order valence-electron chi connectivity index (χ2n) is 6.35. The van der Waals surface area contributed by atoms with Crippen molar-refractivity contribution in [2.75, 3.05) is 19.8 Å². The van der Waals surface area contributed by atoms with Crippen LogP contribution >= 0.6 is 0 Å². The van der Waals surface area contributed by atoms with Gasteiger partial charge < -0.3 is 15.8 Å². The summed E-state index contributed by atoms with van der Waals surface area (Å²) in [4.78, 5) is 0. The summed E-state index contributed by atoms with van der Waals surface area (Å²) in [5.74, 6) is 0. The first-order chi connectivity index (χ1) is 7.55. The Morgan fingerprint density at radius 3 is 2.44 bits per heavy atom. The molecule has 0 radical (unpaired) electrons. The molecule has 2 fully saturated rings. The lowest BCUT2D eigenvalue weighted by Gasteiger charge is -2.39. The second-order valence-corrected chi connectivity index (χ2v) is 6.35. The number of hydrogen-bond acceptors (Lipinski definition) is 3. The van der Waals surface area contributed by atoms with Crippen molar-refractivity contribution in [3.05, 3.63) is 0 Å². The van der Waals surface area contributed by atoms with Crippen LogP contribution in [0.4, 0.5) is 0 Å². The van der Waals surface area contributed by atoms with E-state index in [0.29, 0.717) is 11.5 Å². The van der Waals surface area contributed by atoms with Crippen molar-refractivity contribution in [1.29, 1.82) is 0 Å². The van der Waals surface area contributed by atoms with Crippen molar-refractivity contribution in [2.24, 2.45) is 11.1 Å². The molecule has 0 bridgehead atoms. The van der Waals surface area contributed by atoms with Gasteiger partial charge in [-0.3, -0.25) is 0 Å². The highest BCUT2D eigenvalue weighted by Gasteiger charge is 2.37. The number of nitrogens with one attached hydrogen (secondary N) is 1. The van der Waals surface area contributed by atoms with Crippen LogP contribution in [0.3, 0.4) is 0 Å². The molecule has 1 aliphatic carbocycles. The summed E-state index contributed by atoms with van der Waals surface area (Å²) in [6.45, 7) is 7.20. The number of ether oxygens (including phenoxy) is 1. The van der Waals surface area contributed by atoms with Crippen LogP contribution in [0.25, 0.3) is 0 Å². The van der Waals surface area contributed by atoms with Gasteiger partial charge in [-0.15, -0.1) is 0 Å². The summed E-state index contributed by atoms with van der Waals surface area (Å²) in [5, 5.41) is 3.83. The minimum atomic E-state index is 0.156. The standard InChI is InChI=1S/C13H26N2O/c1-12(2)4-3-11(9-12)15-13(10-14)5-7-16-8-6-13/h11,15H,3-10,14H2,1-2H3.